The number of nitrogens with one attached hydrogen (secondary N) is 1. The van der Waals surface area contributed by atoms with Gasteiger partial charge in [-0.15, -0.1) is 6.58 Å². The minimum Gasteiger partial charge on any atom is -0.457 e. The van der Waals surface area contributed by atoms with E-state index in [9.17, 15) is 9.59 Å². The number of anilines is 1. The lowest BCUT2D eigenvalue weighted by Gasteiger charge is -2.09. The number of rotatable bonds is 6. The smallest absolute Gasteiger partial charge is 0.349 e. The number of benzene rings is 3. The summed E-state index contributed by atoms with van der Waals surface area (Å²) < 4.78 is 11.2. The van der Waals surface area contributed by atoms with Crippen LogP contribution in [0, 0.1) is 0 Å². The van der Waals surface area contributed by atoms with Gasteiger partial charge in [0.25, 0.3) is 5.91 Å². The number of amides is 1. The van der Waals surface area contributed by atoms with Crippen LogP contribution in [0.25, 0.3) is 11.0 Å². The van der Waals surface area contributed by atoms with Crippen molar-refractivity contribution in [2.75, 3.05) is 5.32 Å². The first-order chi connectivity index (χ1) is 14.6. The summed E-state index contributed by atoms with van der Waals surface area (Å²) in [5.41, 5.74) is 1.13. The first-order valence-corrected chi connectivity index (χ1v) is 9.45. The van der Waals surface area contributed by atoms with Crippen molar-refractivity contribution in [3.63, 3.8) is 0 Å². The molecular formula is C25H19NO4. The minimum absolute atomic E-state index is 0.0529. The van der Waals surface area contributed by atoms with E-state index in [1.807, 2.05) is 42.5 Å². The zero-order valence-corrected chi connectivity index (χ0v) is 16.1. The molecule has 0 aliphatic rings. The summed E-state index contributed by atoms with van der Waals surface area (Å²) in [7, 11) is 0. The maximum absolute atomic E-state index is 12.6. The topological polar surface area (TPSA) is 68.5 Å². The van der Waals surface area contributed by atoms with E-state index in [4.69, 9.17) is 9.15 Å². The van der Waals surface area contributed by atoms with Gasteiger partial charge in [-0.3, -0.25) is 4.79 Å². The lowest BCUT2D eigenvalue weighted by molar-refractivity contribution is 0.102. The fourth-order valence-electron chi connectivity index (χ4n) is 3.11. The second kappa shape index (κ2) is 8.49. The van der Waals surface area contributed by atoms with Crippen LogP contribution in [-0.2, 0) is 6.42 Å². The van der Waals surface area contributed by atoms with E-state index in [2.05, 4.69) is 11.9 Å². The fraction of sp³-hybridized carbons (Fsp3) is 0.0400. The molecule has 1 aromatic heterocycles. The van der Waals surface area contributed by atoms with Crippen molar-refractivity contribution in [1.82, 2.24) is 0 Å². The molecule has 5 heteroatoms. The average Bonchev–Trinajstić information content (AvgIpc) is 2.76. The number of carbonyl (C=O) groups is 1. The third-order valence-electron chi connectivity index (χ3n) is 4.54. The zero-order valence-electron chi connectivity index (χ0n) is 16.1. The Balaban J connectivity index is 1.53. The monoisotopic (exact) mass is 397 g/mol. The Morgan fingerprint density at radius 2 is 1.70 bits per heavy atom. The normalized spacial score (nSPS) is 10.5. The number of carbonyl (C=O) groups excluding carboxylic acids is 1. The molecule has 0 saturated heterocycles. The Kier molecular flexibility index (Phi) is 5.44. The largest absolute Gasteiger partial charge is 0.457 e. The number of hydrogen-bond acceptors (Lipinski definition) is 4. The third-order valence-corrected chi connectivity index (χ3v) is 4.54. The van der Waals surface area contributed by atoms with Crippen molar-refractivity contribution >= 4 is 22.6 Å². The summed E-state index contributed by atoms with van der Waals surface area (Å²) in [5.74, 6) is 0.828. The highest BCUT2D eigenvalue weighted by molar-refractivity contribution is 6.05. The summed E-state index contributed by atoms with van der Waals surface area (Å²) in [6, 6.07) is 23.4. The molecule has 0 aliphatic carbocycles. The molecule has 0 atom stereocenters. The van der Waals surface area contributed by atoms with Crippen LogP contribution < -0.4 is 15.7 Å². The molecule has 30 heavy (non-hydrogen) atoms. The van der Waals surface area contributed by atoms with E-state index in [1.165, 1.54) is 0 Å². The van der Waals surface area contributed by atoms with E-state index in [0.29, 0.717) is 28.8 Å². The average molecular weight is 397 g/mol. The maximum Gasteiger partial charge on any atom is 0.349 e. The number of fused-ring (bicyclic) bond motifs is 1. The second-order valence-electron chi connectivity index (χ2n) is 6.67. The standard InChI is InChI=1S/C25H19NO4/c1-2-7-17-8-6-9-18-16-22(25(28)30-23(17)18)24(27)26-19-12-14-21(15-13-19)29-20-10-4-3-5-11-20/h2-6,8-16H,1,7H2,(H,26,27). The van der Waals surface area contributed by atoms with E-state index < -0.39 is 11.5 Å². The predicted octanol–water partition coefficient (Wildman–Crippen LogP) is 5.57. The van der Waals surface area contributed by atoms with Crippen molar-refractivity contribution in [2.45, 2.75) is 6.42 Å². The van der Waals surface area contributed by atoms with E-state index in [0.717, 1.165) is 11.3 Å². The Hall–Kier alpha value is -4.12. The van der Waals surface area contributed by atoms with Crippen molar-refractivity contribution in [2.24, 2.45) is 0 Å². The molecule has 1 amide bonds. The first-order valence-electron chi connectivity index (χ1n) is 9.45. The molecule has 1 heterocycles. The van der Waals surface area contributed by atoms with Crippen LogP contribution in [0.5, 0.6) is 11.5 Å². The number of para-hydroxylation sites is 2. The summed E-state index contributed by atoms with van der Waals surface area (Å²) in [6.07, 6.45) is 2.31. The van der Waals surface area contributed by atoms with Crippen LogP contribution in [0.1, 0.15) is 15.9 Å². The number of hydrogen-bond donors (Lipinski definition) is 1. The molecule has 1 N–H and O–H groups in total. The highest BCUT2D eigenvalue weighted by atomic mass is 16.5. The molecule has 0 fully saturated rings. The van der Waals surface area contributed by atoms with Gasteiger partial charge in [0.1, 0.15) is 22.6 Å². The number of ether oxygens (including phenoxy) is 1. The highest BCUT2D eigenvalue weighted by Gasteiger charge is 2.15. The van der Waals surface area contributed by atoms with Crippen LogP contribution >= 0.6 is 0 Å². The Bertz CT molecular complexity index is 1260. The Morgan fingerprint density at radius 3 is 2.43 bits per heavy atom. The van der Waals surface area contributed by atoms with Gasteiger partial charge in [0, 0.05) is 11.1 Å². The molecule has 0 bridgehead atoms. The Morgan fingerprint density at radius 1 is 0.967 bits per heavy atom. The third kappa shape index (κ3) is 4.15. The van der Waals surface area contributed by atoms with Gasteiger partial charge in [0.2, 0.25) is 0 Å². The molecule has 4 aromatic rings. The minimum atomic E-state index is -0.680. The lowest BCUT2D eigenvalue weighted by Crippen LogP contribution is -2.20. The maximum atomic E-state index is 12.6. The Labute approximate surface area is 173 Å². The lowest BCUT2D eigenvalue weighted by atomic mass is 10.1. The van der Waals surface area contributed by atoms with E-state index in [-0.39, 0.29) is 5.56 Å². The van der Waals surface area contributed by atoms with Gasteiger partial charge in [0.15, 0.2) is 0 Å². The van der Waals surface area contributed by atoms with Crippen LogP contribution in [-0.4, -0.2) is 5.91 Å². The van der Waals surface area contributed by atoms with Gasteiger partial charge < -0.3 is 14.5 Å². The molecule has 0 radical (unpaired) electrons. The quantitative estimate of drug-likeness (QED) is 0.341. The van der Waals surface area contributed by atoms with Gasteiger partial charge in [-0.2, -0.15) is 0 Å². The highest BCUT2D eigenvalue weighted by Crippen LogP contribution is 2.23. The molecule has 0 aliphatic heterocycles. The molecule has 0 spiro atoms. The number of allylic oxidation sites excluding steroid dienone is 1. The fourth-order valence-corrected chi connectivity index (χ4v) is 3.11. The summed E-state index contributed by atoms with van der Waals surface area (Å²) in [5, 5.41) is 3.41. The van der Waals surface area contributed by atoms with Gasteiger partial charge in [-0.25, -0.2) is 4.79 Å². The van der Waals surface area contributed by atoms with Crippen molar-refractivity contribution in [1.29, 1.82) is 0 Å². The zero-order chi connectivity index (χ0) is 20.9. The van der Waals surface area contributed by atoms with Crippen molar-refractivity contribution < 1.29 is 13.9 Å². The molecule has 5 nitrogen and oxygen atoms in total. The van der Waals surface area contributed by atoms with Crippen LogP contribution in [0.4, 0.5) is 5.69 Å². The molecular weight excluding hydrogens is 378 g/mol. The second-order valence-corrected chi connectivity index (χ2v) is 6.67. The van der Waals surface area contributed by atoms with E-state index >= 15 is 0 Å². The first kappa shape index (κ1) is 19.2. The van der Waals surface area contributed by atoms with Crippen molar-refractivity contribution in [3.8, 4) is 11.5 Å². The van der Waals surface area contributed by atoms with E-state index in [1.54, 1.807) is 42.5 Å². The van der Waals surface area contributed by atoms with Crippen LogP contribution in [0.3, 0.4) is 0 Å². The van der Waals surface area contributed by atoms with Crippen molar-refractivity contribution in [3.05, 3.63) is 113 Å². The summed E-state index contributed by atoms with van der Waals surface area (Å²) in [6.45, 7) is 3.71. The molecule has 3 aromatic carbocycles. The summed E-state index contributed by atoms with van der Waals surface area (Å²) >= 11 is 0. The van der Waals surface area contributed by atoms with Gasteiger partial charge in [-0.1, -0.05) is 42.5 Å². The summed E-state index contributed by atoms with van der Waals surface area (Å²) in [4.78, 5) is 25.1. The predicted molar refractivity (Wildman–Crippen MR) is 117 cm³/mol. The molecule has 0 unspecified atom stereocenters. The van der Waals surface area contributed by atoms with Gasteiger partial charge in [-0.05, 0) is 54.4 Å². The van der Waals surface area contributed by atoms with Gasteiger partial charge in [0.05, 0.1) is 0 Å². The van der Waals surface area contributed by atoms with Crippen LogP contribution in [0.2, 0.25) is 0 Å². The van der Waals surface area contributed by atoms with Gasteiger partial charge >= 0.3 is 5.63 Å². The molecule has 4 rings (SSSR count). The molecule has 0 saturated carbocycles. The SMILES string of the molecule is C=CCc1cccc2cc(C(=O)Nc3ccc(Oc4ccccc4)cc3)c(=O)oc12. The molecule has 148 valence electrons. The van der Waals surface area contributed by atoms with Crippen LogP contribution in [0.15, 0.2) is 101 Å².